The Morgan fingerprint density at radius 2 is 1.78 bits per heavy atom. The zero-order chi connectivity index (χ0) is 17.7. The van der Waals surface area contributed by atoms with E-state index in [1.165, 1.54) is 20.3 Å². The fourth-order valence-corrected chi connectivity index (χ4v) is 3.58. The Morgan fingerprint density at radius 1 is 1.17 bits per heavy atom. The standard InChI is InChI=1S/C15H23F2NO4S/c1-4-5-7-15(16,17)23(19,20)14-10-12(21-2)11(6-8-18)9-13(14)22-3/h9-10H,4-8,18H2,1-3H3. The van der Waals surface area contributed by atoms with Crippen molar-refractivity contribution in [2.45, 2.75) is 42.8 Å². The van der Waals surface area contributed by atoms with Gasteiger partial charge in [0.25, 0.3) is 0 Å². The Hall–Kier alpha value is -1.41. The lowest BCUT2D eigenvalue weighted by molar-refractivity contribution is 0.0792. The van der Waals surface area contributed by atoms with Crippen LogP contribution < -0.4 is 15.2 Å². The molecule has 0 aliphatic rings. The van der Waals surface area contributed by atoms with Crippen LogP contribution in [-0.2, 0) is 16.3 Å². The minimum absolute atomic E-state index is 0.108. The molecule has 2 N–H and O–H groups in total. The Kier molecular flexibility index (Phi) is 6.76. The number of halogens is 2. The zero-order valence-electron chi connectivity index (χ0n) is 13.6. The van der Waals surface area contributed by atoms with Gasteiger partial charge >= 0.3 is 5.25 Å². The van der Waals surface area contributed by atoms with Gasteiger partial charge in [0, 0.05) is 12.5 Å². The summed E-state index contributed by atoms with van der Waals surface area (Å²) in [5.41, 5.74) is 6.09. The van der Waals surface area contributed by atoms with Gasteiger partial charge in [-0.2, -0.15) is 8.78 Å². The summed E-state index contributed by atoms with van der Waals surface area (Å²) in [4.78, 5) is -0.571. The molecule has 0 atom stereocenters. The molecule has 5 nitrogen and oxygen atoms in total. The predicted molar refractivity (Wildman–Crippen MR) is 84.0 cm³/mol. The van der Waals surface area contributed by atoms with E-state index in [0.29, 0.717) is 24.9 Å². The molecule has 1 rings (SSSR count). The lowest BCUT2D eigenvalue weighted by atomic mass is 10.1. The number of hydrogen-bond donors (Lipinski definition) is 1. The van der Waals surface area contributed by atoms with Crippen molar-refractivity contribution in [2.24, 2.45) is 5.73 Å². The molecule has 0 unspecified atom stereocenters. The van der Waals surface area contributed by atoms with Crippen LogP contribution in [0.3, 0.4) is 0 Å². The van der Waals surface area contributed by atoms with Crippen LogP contribution in [0.15, 0.2) is 17.0 Å². The quantitative estimate of drug-likeness (QED) is 0.740. The first kappa shape index (κ1) is 19.6. The second-order valence-electron chi connectivity index (χ2n) is 5.10. The minimum Gasteiger partial charge on any atom is -0.496 e. The molecule has 0 heterocycles. The third-order valence-corrected chi connectivity index (χ3v) is 5.37. The highest BCUT2D eigenvalue weighted by Gasteiger charge is 2.47. The van der Waals surface area contributed by atoms with Crippen LogP contribution >= 0.6 is 0 Å². The molecule has 0 bridgehead atoms. The number of ether oxygens (including phenoxy) is 2. The van der Waals surface area contributed by atoms with E-state index < -0.39 is 26.4 Å². The van der Waals surface area contributed by atoms with Crippen LogP contribution in [0.4, 0.5) is 8.78 Å². The molecule has 23 heavy (non-hydrogen) atoms. The van der Waals surface area contributed by atoms with Gasteiger partial charge in [0.1, 0.15) is 16.4 Å². The van der Waals surface area contributed by atoms with Gasteiger partial charge in [-0.25, -0.2) is 8.42 Å². The van der Waals surface area contributed by atoms with Crippen LogP contribution in [0, 0.1) is 0 Å². The van der Waals surface area contributed by atoms with E-state index in [4.69, 9.17) is 15.2 Å². The van der Waals surface area contributed by atoms with Crippen molar-refractivity contribution in [1.29, 1.82) is 0 Å². The van der Waals surface area contributed by atoms with Gasteiger partial charge in [-0.05, 0) is 31.0 Å². The van der Waals surface area contributed by atoms with Crippen LogP contribution in [0.25, 0.3) is 0 Å². The molecule has 0 aromatic heterocycles. The summed E-state index contributed by atoms with van der Waals surface area (Å²) in [6, 6.07) is 2.47. The number of unbranched alkanes of at least 4 members (excludes halogenated alkanes) is 1. The van der Waals surface area contributed by atoms with Crippen molar-refractivity contribution in [3.05, 3.63) is 17.7 Å². The maximum atomic E-state index is 14.2. The Bertz CT molecular complexity index is 633. The van der Waals surface area contributed by atoms with Crippen molar-refractivity contribution in [1.82, 2.24) is 0 Å². The average molecular weight is 351 g/mol. The summed E-state index contributed by atoms with van der Waals surface area (Å²) < 4.78 is 63.2. The van der Waals surface area contributed by atoms with Crippen LogP contribution in [0.1, 0.15) is 31.7 Å². The largest absolute Gasteiger partial charge is 0.496 e. The minimum atomic E-state index is -4.89. The molecule has 1 aromatic carbocycles. The molecule has 0 saturated heterocycles. The van der Waals surface area contributed by atoms with E-state index >= 15 is 0 Å². The monoisotopic (exact) mass is 351 g/mol. The lowest BCUT2D eigenvalue weighted by Gasteiger charge is -2.20. The maximum absolute atomic E-state index is 14.2. The third kappa shape index (κ3) is 4.11. The fraction of sp³-hybridized carbons (Fsp3) is 0.600. The number of benzene rings is 1. The molecule has 0 spiro atoms. The summed E-state index contributed by atoms with van der Waals surface area (Å²) in [6.07, 6.45) is 0.256. The molecular weight excluding hydrogens is 328 g/mol. The number of hydrogen-bond acceptors (Lipinski definition) is 5. The average Bonchev–Trinajstić information content (AvgIpc) is 2.52. The molecule has 0 radical (unpaired) electrons. The predicted octanol–water partition coefficient (Wildman–Crippen LogP) is 2.76. The molecule has 8 heteroatoms. The van der Waals surface area contributed by atoms with Crippen molar-refractivity contribution < 1.29 is 26.7 Å². The van der Waals surface area contributed by atoms with Crippen molar-refractivity contribution in [3.63, 3.8) is 0 Å². The van der Waals surface area contributed by atoms with Gasteiger partial charge in [-0.15, -0.1) is 0 Å². The van der Waals surface area contributed by atoms with Crippen molar-refractivity contribution in [2.75, 3.05) is 20.8 Å². The second kappa shape index (κ2) is 7.92. The third-order valence-electron chi connectivity index (χ3n) is 3.48. The van der Waals surface area contributed by atoms with Gasteiger partial charge in [-0.1, -0.05) is 13.3 Å². The lowest BCUT2D eigenvalue weighted by Crippen LogP contribution is -2.29. The fourth-order valence-electron chi connectivity index (χ4n) is 2.17. The molecule has 0 saturated carbocycles. The smallest absolute Gasteiger partial charge is 0.350 e. The van der Waals surface area contributed by atoms with E-state index in [9.17, 15) is 17.2 Å². The van der Waals surface area contributed by atoms with E-state index in [1.807, 2.05) is 0 Å². The van der Waals surface area contributed by atoms with E-state index in [0.717, 1.165) is 6.07 Å². The Morgan fingerprint density at radius 3 is 2.26 bits per heavy atom. The summed E-state index contributed by atoms with van der Waals surface area (Å²) >= 11 is 0. The summed E-state index contributed by atoms with van der Waals surface area (Å²) in [5.74, 6) is 0.0616. The maximum Gasteiger partial charge on any atom is 0.350 e. The second-order valence-corrected chi connectivity index (χ2v) is 7.14. The molecule has 1 aromatic rings. The van der Waals surface area contributed by atoms with Gasteiger partial charge in [0.2, 0.25) is 9.84 Å². The normalized spacial score (nSPS) is 12.3. The van der Waals surface area contributed by atoms with Gasteiger partial charge in [-0.3, -0.25) is 0 Å². The molecule has 0 aliphatic carbocycles. The number of rotatable bonds is 9. The zero-order valence-corrected chi connectivity index (χ0v) is 14.4. The number of sulfone groups is 1. The van der Waals surface area contributed by atoms with Crippen LogP contribution in [0.5, 0.6) is 11.5 Å². The first-order valence-electron chi connectivity index (χ1n) is 7.32. The number of alkyl halides is 2. The van der Waals surface area contributed by atoms with E-state index in [2.05, 4.69) is 0 Å². The first-order valence-corrected chi connectivity index (χ1v) is 8.80. The molecule has 0 amide bonds. The van der Waals surface area contributed by atoms with Crippen LogP contribution in [-0.4, -0.2) is 34.4 Å². The first-order chi connectivity index (χ1) is 10.7. The van der Waals surface area contributed by atoms with Crippen molar-refractivity contribution in [3.8, 4) is 11.5 Å². The Labute approximate surface area is 135 Å². The number of methoxy groups -OCH3 is 2. The summed E-state index contributed by atoms with van der Waals surface area (Å²) in [6.45, 7) is 2.02. The van der Waals surface area contributed by atoms with Crippen molar-refractivity contribution >= 4 is 9.84 Å². The Balaban J connectivity index is 3.45. The summed E-state index contributed by atoms with van der Waals surface area (Å²) in [5, 5.41) is -3.86. The highest BCUT2D eigenvalue weighted by atomic mass is 32.2. The van der Waals surface area contributed by atoms with Gasteiger partial charge in [0.05, 0.1) is 14.2 Å². The van der Waals surface area contributed by atoms with Gasteiger partial charge in [0.15, 0.2) is 0 Å². The number of nitrogens with two attached hydrogens (primary N) is 1. The highest BCUT2D eigenvalue weighted by Crippen LogP contribution is 2.40. The van der Waals surface area contributed by atoms with Gasteiger partial charge < -0.3 is 15.2 Å². The van der Waals surface area contributed by atoms with E-state index in [1.54, 1.807) is 6.92 Å². The topological polar surface area (TPSA) is 78.6 Å². The molecule has 132 valence electrons. The van der Waals surface area contributed by atoms with Crippen LogP contribution in [0.2, 0.25) is 0 Å². The molecule has 0 fully saturated rings. The molecular formula is C15H23F2NO4S. The summed E-state index contributed by atoms with van der Waals surface area (Å²) in [7, 11) is -2.31. The highest BCUT2D eigenvalue weighted by molar-refractivity contribution is 7.92. The molecule has 0 aliphatic heterocycles. The SMILES string of the molecule is CCCCC(F)(F)S(=O)(=O)c1cc(OC)c(CCN)cc1OC. The van der Waals surface area contributed by atoms with E-state index in [-0.39, 0.29) is 17.9 Å².